The van der Waals surface area contributed by atoms with Crippen molar-refractivity contribution < 1.29 is 28.9 Å². The van der Waals surface area contributed by atoms with Crippen LogP contribution in [0.25, 0.3) is 0 Å². The zero-order chi connectivity index (χ0) is 19.7. The molecule has 2 unspecified atom stereocenters. The molecule has 0 bridgehead atoms. The zero-order valence-corrected chi connectivity index (χ0v) is 16.1. The Morgan fingerprint density at radius 3 is 2.27 bits per heavy atom. The van der Waals surface area contributed by atoms with E-state index in [4.69, 9.17) is 14.2 Å². The Balaban J connectivity index is 2.35. The number of carbonyl (C=O) groups excluding carboxylic acids is 1. The molecular weight excluding hydrogens is 338 g/mol. The molecule has 1 aromatic carbocycles. The van der Waals surface area contributed by atoms with Gasteiger partial charge in [0.15, 0.2) is 11.5 Å². The fraction of sp³-hybridized carbons (Fsp3) is 0.579. The van der Waals surface area contributed by atoms with Crippen LogP contribution in [0, 0.1) is 12.3 Å². The highest BCUT2D eigenvalue weighted by atomic mass is 16.5. The van der Waals surface area contributed by atoms with Crippen molar-refractivity contribution in [1.82, 2.24) is 5.32 Å². The molecule has 7 heteroatoms. The first-order chi connectivity index (χ1) is 12.1. The number of hydrogen-bond donors (Lipinski definition) is 2. The van der Waals surface area contributed by atoms with Crippen LogP contribution in [0.2, 0.25) is 0 Å². The van der Waals surface area contributed by atoms with Gasteiger partial charge < -0.3 is 24.6 Å². The van der Waals surface area contributed by atoms with Gasteiger partial charge in [-0.1, -0.05) is 13.8 Å². The van der Waals surface area contributed by atoms with E-state index in [1.54, 1.807) is 32.9 Å². The van der Waals surface area contributed by atoms with Gasteiger partial charge in [-0.25, -0.2) is 4.79 Å². The largest absolute Gasteiger partial charge is 0.493 e. The second-order valence-corrected chi connectivity index (χ2v) is 7.06. The summed E-state index contributed by atoms with van der Waals surface area (Å²) in [6.45, 7) is 7.72. The minimum absolute atomic E-state index is 0.223. The molecule has 1 saturated carbocycles. The summed E-state index contributed by atoms with van der Waals surface area (Å²) in [7, 11) is 3.00. The summed E-state index contributed by atoms with van der Waals surface area (Å²) in [4.78, 5) is 24.9. The van der Waals surface area contributed by atoms with Crippen LogP contribution in [-0.4, -0.2) is 49.5 Å². The molecule has 7 nitrogen and oxygen atoms in total. The van der Waals surface area contributed by atoms with Gasteiger partial charge in [0, 0.05) is 24.0 Å². The fourth-order valence-electron chi connectivity index (χ4n) is 3.52. The van der Waals surface area contributed by atoms with Gasteiger partial charge in [-0.3, -0.25) is 4.79 Å². The van der Waals surface area contributed by atoms with Gasteiger partial charge in [0.05, 0.1) is 20.3 Å². The maximum atomic E-state index is 12.9. The van der Waals surface area contributed by atoms with Gasteiger partial charge >= 0.3 is 5.97 Å². The summed E-state index contributed by atoms with van der Waals surface area (Å²) in [5.41, 5.74) is -1.11. The van der Waals surface area contributed by atoms with Crippen LogP contribution in [-0.2, 0) is 9.53 Å². The van der Waals surface area contributed by atoms with E-state index in [1.165, 1.54) is 14.2 Å². The first-order valence-corrected chi connectivity index (χ1v) is 8.54. The van der Waals surface area contributed by atoms with E-state index in [9.17, 15) is 14.7 Å². The first kappa shape index (κ1) is 20.0. The molecule has 0 aromatic heterocycles. The monoisotopic (exact) mass is 365 g/mol. The molecule has 2 atom stereocenters. The molecule has 0 radical (unpaired) electrons. The summed E-state index contributed by atoms with van der Waals surface area (Å²) in [5, 5.41) is 12.6. The topological polar surface area (TPSA) is 94.1 Å². The van der Waals surface area contributed by atoms with Crippen LogP contribution >= 0.6 is 0 Å². The van der Waals surface area contributed by atoms with Crippen LogP contribution in [0.3, 0.4) is 0 Å². The van der Waals surface area contributed by atoms with Crippen molar-refractivity contribution in [3.05, 3.63) is 23.3 Å². The standard InChI is InChI=1S/C19H27NO6/c1-7-26-15-10-19(17(22)23,18(15,3)4)20-16(21)12-9-14(25-6)13(24-5)8-11(12)2/h8-9,15H,7,10H2,1-6H3,(H,20,21)(H,22,23). The molecule has 0 saturated heterocycles. The highest BCUT2D eigenvalue weighted by Crippen LogP contribution is 2.51. The fourth-order valence-corrected chi connectivity index (χ4v) is 3.52. The van der Waals surface area contributed by atoms with Crippen molar-refractivity contribution in [3.8, 4) is 11.5 Å². The van der Waals surface area contributed by atoms with Crippen molar-refractivity contribution >= 4 is 11.9 Å². The van der Waals surface area contributed by atoms with Crippen molar-refractivity contribution in [2.75, 3.05) is 20.8 Å². The molecule has 1 aliphatic rings. The number of nitrogens with one attached hydrogen (secondary N) is 1. The van der Waals surface area contributed by atoms with Crippen molar-refractivity contribution in [2.24, 2.45) is 5.41 Å². The molecular formula is C19H27NO6. The highest BCUT2D eigenvalue weighted by molar-refractivity contribution is 6.00. The molecule has 26 heavy (non-hydrogen) atoms. The Morgan fingerprint density at radius 2 is 1.81 bits per heavy atom. The Bertz CT molecular complexity index is 714. The molecule has 0 heterocycles. The summed E-state index contributed by atoms with van der Waals surface area (Å²) < 4.78 is 16.1. The number of ether oxygens (including phenoxy) is 3. The first-order valence-electron chi connectivity index (χ1n) is 8.54. The average molecular weight is 365 g/mol. The van der Waals surface area contributed by atoms with Crippen LogP contribution < -0.4 is 14.8 Å². The maximum absolute atomic E-state index is 12.9. The van der Waals surface area contributed by atoms with Crippen molar-refractivity contribution in [2.45, 2.75) is 45.8 Å². The number of aliphatic carboxylic acids is 1. The Morgan fingerprint density at radius 1 is 1.23 bits per heavy atom. The number of rotatable bonds is 7. The van der Waals surface area contributed by atoms with Crippen LogP contribution in [0.4, 0.5) is 0 Å². The number of methoxy groups -OCH3 is 2. The van der Waals surface area contributed by atoms with Gasteiger partial charge in [0.25, 0.3) is 5.91 Å². The maximum Gasteiger partial charge on any atom is 0.330 e. The highest BCUT2D eigenvalue weighted by Gasteiger charge is 2.66. The minimum Gasteiger partial charge on any atom is -0.493 e. The molecule has 2 rings (SSSR count). The smallest absolute Gasteiger partial charge is 0.330 e. The molecule has 1 aliphatic carbocycles. The number of aryl methyl sites for hydroxylation is 1. The molecule has 0 spiro atoms. The third-order valence-electron chi connectivity index (χ3n) is 5.43. The second kappa shape index (κ2) is 7.15. The number of hydrogen-bond acceptors (Lipinski definition) is 5. The number of carboxylic acid groups (broad SMARTS) is 1. The molecule has 1 fully saturated rings. The molecule has 0 aliphatic heterocycles. The third kappa shape index (κ3) is 3.00. The Hall–Kier alpha value is -2.28. The number of carbonyl (C=O) groups is 2. The lowest BCUT2D eigenvalue weighted by Crippen LogP contribution is -2.76. The van der Waals surface area contributed by atoms with Crippen molar-refractivity contribution in [3.63, 3.8) is 0 Å². The number of amides is 1. The second-order valence-electron chi connectivity index (χ2n) is 7.06. The van der Waals surface area contributed by atoms with Crippen LogP contribution in [0.15, 0.2) is 12.1 Å². The number of carboxylic acids is 1. The molecule has 1 amide bonds. The summed E-state index contributed by atoms with van der Waals surface area (Å²) in [6, 6.07) is 3.25. The lowest BCUT2D eigenvalue weighted by Gasteiger charge is -2.58. The SMILES string of the molecule is CCOC1CC(NC(=O)c2cc(OC)c(OC)cc2C)(C(=O)O)C1(C)C. The van der Waals surface area contributed by atoms with E-state index in [-0.39, 0.29) is 12.5 Å². The van der Waals surface area contributed by atoms with Gasteiger partial charge in [-0.2, -0.15) is 0 Å². The molecule has 144 valence electrons. The number of benzene rings is 1. The predicted molar refractivity (Wildman–Crippen MR) is 95.9 cm³/mol. The van der Waals surface area contributed by atoms with Crippen molar-refractivity contribution in [1.29, 1.82) is 0 Å². The molecule has 1 aromatic rings. The van der Waals surface area contributed by atoms with Crippen LogP contribution in [0.1, 0.15) is 43.1 Å². The van der Waals surface area contributed by atoms with E-state index < -0.39 is 22.8 Å². The van der Waals surface area contributed by atoms with Gasteiger partial charge in [0.2, 0.25) is 0 Å². The zero-order valence-electron chi connectivity index (χ0n) is 16.1. The molecule has 2 N–H and O–H groups in total. The quantitative estimate of drug-likeness (QED) is 0.771. The van der Waals surface area contributed by atoms with E-state index in [0.29, 0.717) is 29.2 Å². The normalized spacial score (nSPS) is 23.7. The van der Waals surface area contributed by atoms with E-state index in [1.807, 2.05) is 6.92 Å². The van der Waals surface area contributed by atoms with Gasteiger partial charge in [-0.05, 0) is 31.5 Å². The minimum atomic E-state index is -1.39. The summed E-state index contributed by atoms with van der Waals surface area (Å²) in [5.74, 6) is -0.610. The Labute approximate surface area is 153 Å². The Kier molecular flexibility index (Phi) is 5.51. The van der Waals surface area contributed by atoms with Crippen LogP contribution in [0.5, 0.6) is 11.5 Å². The van der Waals surface area contributed by atoms with E-state index in [0.717, 1.165) is 0 Å². The van der Waals surface area contributed by atoms with Gasteiger partial charge in [0.1, 0.15) is 5.54 Å². The summed E-state index contributed by atoms with van der Waals surface area (Å²) in [6.07, 6.45) is -0.00302. The lowest BCUT2D eigenvalue weighted by molar-refractivity contribution is -0.190. The van der Waals surface area contributed by atoms with E-state index >= 15 is 0 Å². The average Bonchev–Trinajstić information content (AvgIpc) is 2.59. The lowest BCUT2D eigenvalue weighted by atomic mass is 9.54. The summed E-state index contributed by atoms with van der Waals surface area (Å²) >= 11 is 0. The van der Waals surface area contributed by atoms with E-state index in [2.05, 4.69) is 5.32 Å². The predicted octanol–water partition coefficient (Wildman–Crippen LogP) is 2.40. The third-order valence-corrected chi connectivity index (χ3v) is 5.43. The van der Waals surface area contributed by atoms with Gasteiger partial charge in [-0.15, -0.1) is 0 Å².